The van der Waals surface area contributed by atoms with Crippen molar-refractivity contribution >= 4 is 0 Å². The van der Waals surface area contributed by atoms with Crippen LogP contribution >= 0.6 is 0 Å². The normalized spacial score (nSPS) is 58.1. The molecule has 0 amide bonds. The van der Waals surface area contributed by atoms with Gasteiger partial charge in [-0.15, -0.1) is 0 Å². The van der Waals surface area contributed by atoms with Crippen LogP contribution in [0.5, 0.6) is 0 Å². The van der Waals surface area contributed by atoms with Crippen molar-refractivity contribution in [3.8, 4) is 0 Å². The van der Waals surface area contributed by atoms with Gasteiger partial charge in [-0.1, -0.05) is 92.9 Å². The highest BCUT2D eigenvalue weighted by Gasteiger charge is 2.81. The Morgan fingerprint density at radius 1 is 0.291 bits per heavy atom. The van der Waals surface area contributed by atoms with Crippen molar-refractivity contribution in [2.75, 3.05) is 125 Å². The SMILES string of the molecule is C1=CC2CC1C13CCCC21C[N+]1(CCCC1)C3.C1=CC2CC1C13CCCC21C[N+]1(CCCCC1)C3.CC1CCC[N+]12CC13CCCC1(C2)C1C=CC3C1.CC[N+]1(C)CC23CCCC2(C1)C1C=CC3C1.CC[N+]1(CC)CC23CCCC2(C1)C1C=CC3C1. The van der Waals surface area contributed by atoms with Crippen molar-refractivity contribution in [1.29, 1.82) is 0 Å². The average Bonchev–Trinajstić information content (AvgIpc) is 1.55. The summed E-state index contributed by atoms with van der Waals surface area (Å²) in [6.45, 7) is 36.8. The molecule has 10 saturated carbocycles. The molecule has 18 fully saturated rings. The molecular weight excluding hydrogens is 1040 g/mol. The maximum Gasteiger partial charge on any atom is 0.0864 e. The van der Waals surface area contributed by atoms with Gasteiger partial charge in [0, 0.05) is 79.8 Å². The number of hydrogen-bond donors (Lipinski definition) is 0. The lowest BCUT2D eigenvalue weighted by Crippen LogP contribution is -2.52. The number of likely N-dealkylation sites (tertiary alicyclic amines) is 2. The second-order valence-corrected chi connectivity index (χ2v) is 38.8. The van der Waals surface area contributed by atoms with Crippen LogP contribution in [0.2, 0.25) is 0 Å². The van der Waals surface area contributed by atoms with E-state index in [0.717, 1.165) is 119 Å². The molecule has 86 heavy (non-hydrogen) atoms. The molecule has 0 aromatic heterocycles. The van der Waals surface area contributed by atoms with E-state index in [2.05, 4.69) is 95.5 Å². The number of fused-ring (bicyclic) bond motifs is 10. The van der Waals surface area contributed by atoms with Gasteiger partial charge in [0.05, 0.1) is 131 Å². The van der Waals surface area contributed by atoms with E-state index in [4.69, 9.17) is 0 Å². The first kappa shape index (κ1) is 56.1. The number of nitrogens with zero attached hydrogens (tertiary/aromatic N) is 5. The van der Waals surface area contributed by atoms with Crippen molar-refractivity contribution in [2.24, 2.45) is 113 Å². The lowest BCUT2D eigenvalue weighted by molar-refractivity contribution is -0.932. The van der Waals surface area contributed by atoms with Gasteiger partial charge in [0.15, 0.2) is 0 Å². The quantitative estimate of drug-likeness (QED) is 0.195. The van der Waals surface area contributed by atoms with Gasteiger partial charge in [0.25, 0.3) is 0 Å². The first-order valence-electron chi connectivity index (χ1n) is 39.3. The van der Waals surface area contributed by atoms with Crippen LogP contribution < -0.4 is 0 Å². The minimum absolute atomic E-state index is 0.733. The first-order valence-corrected chi connectivity index (χ1v) is 39.3. The monoisotopic (exact) mass is 1170 g/mol. The van der Waals surface area contributed by atoms with E-state index in [0.29, 0.717) is 0 Å². The van der Waals surface area contributed by atoms with Gasteiger partial charge in [-0.05, 0) is 202 Å². The number of piperidine rings is 1. The highest BCUT2D eigenvalue weighted by molar-refractivity contribution is 5.33. The third-order valence-corrected chi connectivity index (χ3v) is 37.5. The van der Waals surface area contributed by atoms with Crippen LogP contribution in [0.4, 0.5) is 0 Å². The van der Waals surface area contributed by atoms with E-state index in [9.17, 15) is 0 Å². The molecule has 21 unspecified atom stereocenters. The molecule has 8 saturated heterocycles. The van der Waals surface area contributed by atoms with Gasteiger partial charge in [-0.25, -0.2) is 0 Å². The molecule has 5 nitrogen and oxygen atoms in total. The van der Waals surface area contributed by atoms with Crippen LogP contribution in [0.25, 0.3) is 0 Å². The molecular formula is C81H126N5+5. The van der Waals surface area contributed by atoms with Crippen molar-refractivity contribution < 1.29 is 22.4 Å². The van der Waals surface area contributed by atoms with Gasteiger partial charge >= 0.3 is 0 Å². The highest BCUT2D eigenvalue weighted by Crippen LogP contribution is 2.80. The highest BCUT2D eigenvalue weighted by atomic mass is 15.4. The van der Waals surface area contributed by atoms with Crippen LogP contribution in [-0.2, 0) is 0 Å². The summed E-state index contributed by atoms with van der Waals surface area (Å²) < 4.78 is 7.38. The van der Waals surface area contributed by atoms with Crippen LogP contribution in [-0.4, -0.2) is 153 Å². The smallest absolute Gasteiger partial charge is 0.0864 e. The Hall–Kier alpha value is -1.50. The molecule has 10 bridgehead atoms. The van der Waals surface area contributed by atoms with Crippen molar-refractivity contribution in [3.63, 3.8) is 0 Å². The average molecular weight is 1170 g/mol. The fourth-order valence-electron chi connectivity index (χ4n) is 34.5. The standard InChI is InChI=1S/2C17H26N.C16H24N.C16H26N.C15H24N/c1-13-4-2-9-18(13)11-16-7-3-8-17(16,12-18)15-6-5-14(16)10-15;1-2-9-18(10-3-1)12-16-7-4-8-17(16,13-18)15-6-5-14(16)11-15;1-2-9-17(8-1)11-15-6-3-7-16(15,12-17)14-5-4-13(15)10-14;1-3-17(4-2)11-15-8-5-9-16(15,12-17)14-7-6-13(15)10-14;1-3-16(2)10-14-7-4-8-15(14,11-16)13-6-5-12(14)9-13/h5-6,13-15H,2-4,7-12H2,1H3;5-6,14-15H,1-4,7-13H2;4-5,13-14H,1-3,6-12H2;6-7,13-14H,3-5,8-12H2,1-2H3;5-6,12-13H,3-4,7-11H2,1-2H3/q5*+1. The summed E-state index contributed by atoms with van der Waals surface area (Å²) in [5, 5.41) is 0. The summed E-state index contributed by atoms with van der Waals surface area (Å²) in [5.74, 6) is 9.65. The van der Waals surface area contributed by atoms with Gasteiger partial charge in [-0.2, -0.15) is 0 Å². The minimum atomic E-state index is 0.733. The summed E-state index contributed by atoms with van der Waals surface area (Å²) in [7, 11) is 2.51. The second-order valence-electron chi connectivity index (χ2n) is 38.8. The third kappa shape index (κ3) is 6.54. The Morgan fingerprint density at radius 3 is 0.826 bits per heavy atom. The van der Waals surface area contributed by atoms with Gasteiger partial charge in [0.1, 0.15) is 0 Å². The predicted octanol–water partition coefficient (Wildman–Crippen LogP) is 15.7. The molecule has 470 valence electrons. The Balaban J connectivity index is 0.0000000787. The maximum absolute atomic E-state index is 2.63. The zero-order valence-electron chi connectivity index (χ0n) is 56.2. The Kier molecular flexibility index (Phi) is 11.9. The third-order valence-electron chi connectivity index (χ3n) is 37.5. The molecule has 0 aromatic carbocycles. The Labute approximate surface area is 525 Å². The molecule has 15 aliphatic carbocycles. The lowest BCUT2D eigenvalue weighted by Gasteiger charge is -2.41. The zero-order chi connectivity index (χ0) is 57.7. The van der Waals surface area contributed by atoms with Crippen molar-refractivity contribution in [2.45, 2.75) is 207 Å². The van der Waals surface area contributed by atoms with Crippen LogP contribution in [0.15, 0.2) is 60.8 Å². The van der Waals surface area contributed by atoms with Gasteiger partial charge in [0.2, 0.25) is 0 Å². The van der Waals surface area contributed by atoms with Crippen LogP contribution in [0.1, 0.15) is 201 Å². The van der Waals surface area contributed by atoms with E-state index < -0.39 is 0 Å². The van der Waals surface area contributed by atoms with Crippen molar-refractivity contribution in [3.05, 3.63) is 60.8 Å². The first-order chi connectivity index (χ1) is 41.6. The van der Waals surface area contributed by atoms with E-state index in [-0.39, 0.29) is 0 Å². The van der Waals surface area contributed by atoms with E-state index in [1.54, 1.807) is 90.6 Å². The molecule has 23 aliphatic rings. The largest absolute Gasteiger partial charge is 0.325 e. The summed E-state index contributed by atoms with van der Waals surface area (Å²) in [5.41, 5.74) is 7.53. The topological polar surface area (TPSA) is 0 Å². The number of allylic oxidation sites excluding steroid dienone is 10. The van der Waals surface area contributed by atoms with E-state index in [1.165, 1.54) is 223 Å². The predicted molar refractivity (Wildman–Crippen MR) is 351 cm³/mol. The molecule has 3 spiro atoms. The Morgan fingerprint density at radius 2 is 0.558 bits per heavy atom. The molecule has 0 aromatic rings. The van der Waals surface area contributed by atoms with E-state index in [1.807, 2.05) is 0 Å². The van der Waals surface area contributed by atoms with Gasteiger partial charge < -0.3 is 22.4 Å². The zero-order valence-corrected chi connectivity index (χ0v) is 56.2. The molecule has 5 heteroatoms. The summed E-state index contributed by atoms with van der Waals surface area (Å²) in [6.07, 6.45) is 67.4. The maximum atomic E-state index is 2.63. The molecule has 8 aliphatic heterocycles. The minimum Gasteiger partial charge on any atom is -0.325 e. The summed E-state index contributed by atoms with van der Waals surface area (Å²) in [4.78, 5) is 0. The fraction of sp³-hybridized carbons (Fsp3) is 0.877. The Bertz CT molecular complexity index is 2710. The summed E-state index contributed by atoms with van der Waals surface area (Å²) >= 11 is 0. The number of hydrogen-bond acceptors (Lipinski definition) is 0. The molecule has 0 radical (unpaired) electrons. The summed E-state index contributed by atoms with van der Waals surface area (Å²) in [6, 6.07) is 0.960. The van der Waals surface area contributed by atoms with Gasteiger partial charge in [-0.3, -0.25) is 0 Å². The fourth-order valence-corrected chi connectivity index (χ4v) is 34.5. The van der Waals surface area contributed by atoms with Crippen LogP contribution in [0, 0.1) is 113 Å². The number of rotatable bonds is 3. The van der Waals surface area contributed by atoms with Crippen LogP contribution in [0.3, 0.4) is 0 Å². The number of quaternary nitrogens is 5. The lowest BCUT2D eigenvalue weighted by atomic mass is 9.62. The van der Waals surface area contributed by atoms with E-state index >= 15 is 0 Å². The second kappa shape index (κ2) is 18.2. The van der Waals surface area contributed by atoms with Crippen molar-refractivity contribution in [1.82, 2.24) is 0 Å². The molecule has 23 rings (SSSR count). The molecule has 0 N–H and O–H groups in total. The molecule has 8 heterocycles. The molecule has 21 atom stereocenters.